The van der Waals surface area contributed by atoms with E-state index in [0.29, 0.717) is 6.61 Å². The minimum Gasteiger partial charge on any atom is -0.465 e. The molecule has 3 heterocycles. The van der Waals surface area contributed by atoms with Crippen LogP contribution in [-0.4, -0.2) is 22.4 Å². The highest BCUT2D eigenvalue weighted by Crippen LogP contribution is 2.27. The van der Waals surface area contributed by atoms with Gasteiger partial charge in [-0.05, 0) is 24.8 Å². The molecule has 80 valence electrons. The Balaban J connectivity index is 2.00. The lowest BCUT2D eigenvalue weighted by Crippen LogP contribution is -2.27. The second-order valence-corrected chi connectivity index (χ2v) is 4.30. The second-order valence-electron chi connectivity index (χ2n) is 4.30. The van der Waals surface area contributed by atoms with E-state index in [1.54, 1.807) is 0 Å². The van der Waals surface area contributed by atoms with Crippen LogP contribution < -0.4 is 0 Å². The molecule has 0 fully saturated rings. The molecule has 1 aromatic rings. The van der Waals surface area contributed by atoms with E-state index < -0.39 is 0 Å². The van der Waals surface area contributed by atoms with Crippen molar-refractivity contribution in [3.63, 3.8) is 0 Å². The minimum absolute atomic E-state index is 0.0182. The van der Waals surface area contributed by atoms with Gasteiger partial charge in [0.25, 0.3) is 0 Å². The van der Waals surface area contributed by atoms with E-state index in [-0.39, 0.29) is 11.9 Å². The molecule has 4 rings (SSSR count). The molecule has 2 aliphatic heterocycles. The van der Waals surface area contributed by atoms with Gasteiger partial charge in [-0.15, -0.1) is 0 Å². The van der Waals surface area contributed by atoms with Crippen molar-refractivity contribution >= 4 is 5.97 Å². The topological polar surface area (TPSA) is 44.1 Å². The van der Waals surface area contributed by atoms with Gasteiger partial charge in [-0.2, -0.15) is 5.10 Å². The first-order valence-corrected chi connectivity index (χ1v) is 5.55. The average Bonchev–Trinajstić information content (AvgIpc) is 2.65. The lowest BCUT2D eigenvalue weighted by atomic mass is 9.87. The second kappa shape index (κ2) is 3.36. The highest BCUT2D eigenvalue weighted by atomic mass is 16.5. The first-order valence-electron chi connectivity index (χ1n) is 5.55. The van der Waals surface area contributed by atoms with E-state index in [1.807, 2.05) is 6.20 Å². The maximum atomic E-state index is 11.7. The molecule has 1 atom stereocenters. The quantitative estimate of drug-likeness (QED) is 0.593. The number of nitrogens with zero attached hydrogens (tertiary/aromatic N) is 2. The molecule has 4 heteroatoms. The summed E-state index contributed by atoms with van der Waals surface area (Å²) < 4.78 is 7.30. The summed E-state index contributed by atoms with van der Waals surface area (Å²) in [4.78, 5) is 11.7. The van der Waals surface area contributed by atoms with Crippen LogP contribution in [0.2, 0.25) is 0 Å². The maximum absolute atomic E-state index is 11.7. The molecule has 0 N–H and O–H groups in total. The van der Waals surface area contributed by atoms with Crippen molar-refractivity contribution in [3.8, 4) is 0 Å². The Morgan fingerprint density at radius 3 is 3.40 bits per heavy atom. The van der Waals surface area contributed by atoms with E-state index in [0.717, 1.165) is 32.2 Å². The Hall–Kier alpha value is -1.32. The molecule has 4 nitrogen and oxygen atoms in total. The van der Waals surface area contributed by atoms with Crippen LogP contribution in [0.15, 0.2) is 6.20 Å². The van der Waals surface area contributed by atoms with Crippen LogP contribution in [-0.2, 0) is 28.9 Å². The molecule has 0 spiro atoms. The fourth-order valence-electron chi connectivity index (χ4n) is 2.49. The Morgan fingerprint density at radius 1 is 1.53 bits per heavy atom. The summed E-state index contributed by atoms with van der Waals surface area (Å²) in [5.41, 5.74) is 2.58. The third kappa shape index (κ3) is 1.44. The average molecular weight is 206 g/mol. The maximum Gasteiger partial charge on any atom is 0.309 e. The summed E-state index contributed by atoms with van der Waals surface area (Å²) in [6.45, 7) is 1.40. The zero-order chi connectivity index (χ0) is 10.3. The SMILES string of the molecule is O=C1OCCCn2ncc3c2CCC1C3. The molecule has 0 amide bonds. The van der Waals surface area contributed by atoms with E-state index in [4.69, 9.17) is 4.74 Å². The number of fused-ring (bicyclic) bond motifs is 5. The van der Waals surface area contributed by atoms with Crippen LogP contribution >= 0.6 is 0 Å². The van der Waals surface area contributed by atoms with Crippen LogP contribution in [0.3, 0.4) is 0 Å². The lowest BCUT2D eigenvalue weighted by Gasteiger charge is -2.23. The number of aromatic nitrogens is 2. The third-order valence-electron chi connectivity index (χ3n) is 3.32. The first kappa shape index (κ1) is 8.95. The van der Waals surface area contributed by atoms with Gasteiger partial charge in [-0.25, -0.2) is 0 Å². The van der Waals surface area contributed by atoms with Crippen molar-refractivity contribution < 1.29 is 9.53 Å². The van der Waals surface area contributed by atoms with E-state index in [9.17, 15) is 4.79 Å². The molecule has 0 saturated carbocycles. The van der Waals surface area contributed by atoms with Gasteiger partial charge < -0.3 is 4.74 Å². The molecule has 4 bridgehead atoms. The van der Waals surface area contributed by atoms with E-state index in [2.05, 4.69) is 9.78 Å². The minimum atomic E-state index is -0.0182. The predicted octanol–water partition coefficient (Wildman–Crippen LogP) is 0.935. The summed E-state index contributed by atoms with van der Waals surface area (Å²) in [6.07, 6.45) is 5.48. The van der Waals surface area contributed by atoms with Gasteiger partial charge in [0.1, 0.15) is 0 Å². The van der Waals surface area contributed by atoms with Crippen molar-refractivity contribution in [1.29, 1.82) is 0 Å². The fourth-order valence-corrected chi connectivity index (χ4v) is 2.49. The Labute approximate surface area is 88.2 Å². The number of hydrogen-bond donors (Lipinski definition) is 0. The Bertz CT molecular complexity index is 397. The molecule has 0 radical (unpaired) electrons. The standard InChI is InChI=1S/C11H14N2O2/c14-11-8-2-3-10-9(6-8)7-12-13(10)4-1-5-15-11/h7-8H,1-6H2. The molecule has 3 aliphatic rings. The molecule has 0 saturated heterocycles. The van der Waals surface area contributed by atoms with E-state index in [1.165, 1.54) is 11.3 Å². The smallest absolute Gasteiger partial charge is 0.309 e. The number of hydrogen-bond acceptors (Lipinski definition) is 3. The van der Waals surface area contributed by atoms with Crippen molar-refractivity contribution in [2.45, 2.75) is 32.2 Å². The third-order valence-corrected chi connectivity index (χ3v) is 3.32. The van der Waals surface area contributed by atoms with Gasteiger partial charge in [0.15, 0.2) is 0 Å². The first-order chi connectivity index (χ1) is 7.34. The van der Waals surface area contributed by atoms with Gasteiger partial charge in [0.05, 0.1) is 18.7 Å². The zero-order valence-corrected chi connectivity index (χ0v) is 8.61. The molecule has 15 heavy (non-hydrogen) atoms. The number of carbonyl (C=O) groups excluding carboxylic acids is 1. The Kier molecular flexibility index (Phi) is 2.01. The molecule has 1 aliphatic carbocycles. The Morgan fingerprint density at radius 2 is 2.47 bits per heavy atom. The number of ether oxygens (including phenoxy) is 1. The molecule has 1 unspecified atom stereocenters. The molecule has 0 aromatic carbocycles. The van der Waals surface area contributed by atoms with Crippen molar-refractivity contribution in [2.75, 3.05) is 6.61 Å². The number of esters is 1. The van der Waals surface area contributed by atoms with Gasteiger partial charge in [-0.1, -0.05) is 0 Å². The largest absolute Gasteiger partial charge is 0.465 e. The van der Waals surface area contributed by atoms with E-state index >= 15 is 0 Å². The molecule has 1 aromatic heterocycles. The lowest BCUT2D eigenvalue weighted by molar-refractivity contribution is -0.149. The van der Waals surface area contributed by atoms with Gasteiger partial charge >= 0.3 is 5.97 Å². The fraction of sp³-hybridized carbons (Fsp3) is 0.636. The van der Waals surface area contributed by atoms with Crippen molar-refractivity contribution in [3.05, 3.63) is 17.5 Å². The predicted molar refractivity (Wildman–Crippen MR) is 53.3 cm³/mol. The highest BCUT2D eigenvalue weighted by Gasteiger charge is 2.29. The normalized spacial score (nSPS) is 25.1. The highest BCUT2D eigenvalue weighted by molar-refractivity contribution is 5.73. The van der Waals surface area contributed by atoms with Crippen LogP contribution in [0.1, 0.15) is 24.1 Å². The molecular weight excluding hydrogens is 192 g/mol. The number of carbonyl (C=O) groups is 1. The summed E-state index contributed by atoms with van der Waals surface area (Å²) in [5.74, 6) is 0.0450. The van der Waals surface area contributed by atoms with Crippen LogP contribution in [0.25, 0.3) is 0 Å². The summed E-state index contributed by atoms with van der Waals surface area (Å²) in [6, 6.07) is 0. The summed E-state index contributed by atoms with van der Waals surface area (Å²) in [5, 5.41) is 4.37. The van der Waals surface area contributed by atoms with Gasteiger partial charge in [0.2, 0.25) is 0 Å². The van der Waals surface area contributed by atoms with Gasteiger partial charge in [-0.3, -0.25) is 9.48 Å². The monoisotopic (exact) mass is 206 g/mol. The zero-order valence-electron chi connectivity index (χ0n) is 8.61. The summed E-state index contributed by atoms with van der Waals surface area (Å²) >= 11 is 0. The number of aryl methyl sites for hydroxylation is 1. The van der Waals surface area contributed by atoms with Crippen LogP contribution in [0.4, 0.5) is 0 Å². The number of rotatable bonds is 0. The van der Waals surface area contributed by atoms with Crippen LogP contribution in [0, 0.1) is 5.92 Å². The van der Waals surface area contributed by atoms with Crippen molar-refractivity contribution in [2.24, 2.45) is 5.92 Å². The van der Waals surface area contributed by atoms with Crippen molar-refractivity contribution in [1.82, 2.24) is 9.78 Å². The van der Waals surface area contributed by atoms with Crippen LogP contribution in [0.5, 0.6) is 0 Å². The summed E-state index contributed by atoms with van der Waals surface area (Å²) in [7, 11) is 0. The van der Waals surface area contributed by atoms with Gasteiger partial charge in [0, 0.05) is 18.7 Å². The molecular formula is C11H14N2O2.